The van der Waals surface area contributed by atoms with E-state index in [-0.39, 0.29) is 0 Å². The van der Waals surface area contributed by atoms with E-state index in [1.165, 1.54) is 24.0 Å². The van der Waals surface area contributed by atoms with Crippen molar-refractivity contribution in [2.75, 3.05) is 32.8 Å². The predicted molar refractivity (Wildman–Crippen MR) is 127 cm³/mol. The fourth-order valence-electron chi connectivity index (χ4n) is 4.42. The first-order chi connectivity index (χ1) is 15.8. The zero-order valence-electron chi connectivity index (χ0n) is 19.3. The maximum absolute atomic E-state index is 6.18. The minimum atomic E-state index is 0.296. The summed E-state index contributed by atoms with van der Waals surface area (Å²) < 4.78 is 13.9. The lowest BCUT2D eigenvalue weighted by molar-refractivity contribution is -0.0721. The Bertz CT molecular complexity index is 825. The highest BCUT2D eigenvalue weighted by atomic mass is 16.5. The molecule has 7 nitrogen and oxygen atoms in total. The summed E-state index contributed by atoms with van der Waals surface area (Å²) in [6.45, 7) is 8.03. The van der Waals surface area contributed by atoms with E-state index in [4.69, 9.17) is 14.5 Å². The molecule has 32 heavy (non-hydrogen) atoms. The van der Waals surface area contributed by atoms with Crippen molar-refractivity contribution < 1.29 is 9.47 Å². The Morgan fingerprint density at radius 1 is 1.19 bits per heavy atom. The van der Waals surface area contributed by atoms with E-state index in [9.17, 15) is 0 Å². The molecule has 2 aliphatic heterocycles. The van der Waals surface area contributed by atoms with Crippen molar-refractivity contribution in [1.29, 1.82) is 0 Å². The van der Waals surface area contributed by atoms with Gasteiger partial charge in [0.2, 0.25) is 0 Å². The van der Waals surface area contributed by atoms with Crippen molar-refractivity contribution in [2.24, 2.45) is 4.99 Å². The Morgan fingerprint density at radius 3 is 2.81 bits per heavy atom. The van der Waals surface area contributed by atoms with Crippen LogP contribution in [0.4, 0.5) is 0 Å². The monoisotopic (exact) mass is 439 g/mol. The summed E-state index contributed by atoms with van der Waals surface area (Å²) in [5.41, 5.74) is 2.46. The van der Waals surface area contributed by atoms with Crippen LogP contribution in [0.2, 0.25) is 0 Å². The van der Waals surface area contributed by atoms with E-state index in [2.05, 4.69) is 46.5 Å². The standard InChI is InChI=1S/C25H37N5O2/c1-2-26-25(27-18-21-7-5-8-22(17-21)19-30-13-6-12-28-30)29-14-10-23(11-15-29)32-20-24-9-3-4-16-31-24/h5-8,12-13,17,23-24H,2-4,9-11,14-16,18-20H2,1H3,(H,26,27). The minimum absolute atomic E-state index is 0.296. The van der Waals surface area contributed by atoms with Crippen molar-refractivity contribution in [1.82, 2.24) is 20.0 Å². The van der Waals surface area contributed by atoms with Crippen LogP contribution in [0.5, 0.6) is 0 Å². The molecular weight excluding hydrogens is 402 g/mol. The Labute approximate surface area is 191 Å². The Balaban J connectivity index is 1.27. The van der Waals surface area contributed by atoms with Crippen molar-refractivity contribution in [3.63, 3.8) is 0 Å². The third-order valence-electron chi connectivity index (χ3n) is 6.17. The number of aliphatic imine (C=N–C) groups is 1. The first kappa shape index (κ1) is 22.8. The molecule has 0 spiro atoms. The second-order valence-corrected chi connectivity index (χ2v) is 8.70. The number of hydrogen-bond donors (Lipinski definition) is 1. The zero-order valence-corrected chi connectivity index (χ0v) is 19.3. The molecule has 4 rings (SSSR count). The molecule has 174 valence electrons. The topological polar surface area (TPSA) is 63.9 Å². The molecule has 7 heteroatoms. The number of rotatable bonds is 8. The summed E-state index contributed by atoms with van der Waals surface area (Å²) in [5.74, 6) is 0.999. The number of nitrogens with one attached hydrogen (secondary N) is 1. The largest absolute Gasteiger partial charge is 0.376 e. The Hall–Kier alpha value is -2.38. The van der Waals surface area contributed by atoms with Crippen molar-refractivity contribution in [3.8, 4) is 0 Å². The van der Waals surface area contributed by atoms with Gasteiger partial charge in [0.15, 0.2) is 5.96 Å². The molecular formula is C25H37N5O2. The maximum atomic E-state index is 6.18. The van der Waals surface area contributed by atoms with E-state index >= 15 is 0 Å². The molecule has 0 radical (unpaired) electrons. The Morgan fingerprint density at radius 2 is 2.06 bits per heavy atom. The summed E-state index contributed by atoms with van der Waals surface area (Å²) in [5, 5.41) is 7.77. The SMILES string of the molecule is CCNC(=NCc1cccc(Cn2cccn2)c1)N1CCC(OCC2CCCCO2)CC1. The third kappa shape index (κ3) is 6.81. The minimum Gasteiger partial charge on any atom is -0.376 e. The second kappa shape index (κ2) is 12.0. The molecule has 0 bridgehead atoms. The number of guanidine groups is 1. The second-order valence-electron chi connectivity index (χ2n) is 8.70. The molecule has 1 aromatic carbocycles. The number of ether oxygens (including phenoxy) is 2. The van der Waals surface area contributed by atoms with Crippen LogP contribution < -0.4 is 5.32 Å². The Kier molecular flexibility index (Phi) is 8.56. The van der Waals surface area contributed by atoms with Crippen LogP contribution in [-0.2, 0) is 22.6 Å². The molecule has 1 unspecified atom stereocenters. The lowest BCUT2D eigenvalue weighted by Crippen LogP contribution is -2.47. The highest BCUT2D eigenvalue weighted by molar-refractivity contribution is 5.80. The van der Waals surface area contributed by atoms with E-state index < -0.39 is 0 Å². The normalized spacial score (nSPS) is 20.5. The van der Waals surface area contributed by atoms with Crippen LogP contribution in [-0.4, -0.2) is 65.7 Å². The van der Waals surface area contributed by atoms with Crippen LogP contribution in [0.15, 0.2) is 47.7 Å². The van der Waals surface area contributed by atoms with E-state index in [0.29, 0.717) is 18.8 Å². The molecule has 1 aromatic heterocycles. The average molecular weight is 440 g/mol. The molecule has 0 amide bonds. The third-order valence-corrected chi connectivity index (χ3v) is 6.17. The summed E-state index contributed by atoms with van der Waals surface area (Å²) in [4.78, 5) is 7.31. The number of benzene rings is 1. The van der Waals surface area contributed by atoms with Gasteiger partial charge in [0.05, 0.1) is 31.9 Å². The molecule has 1 N–H and O–H groups in total. The molecule has 0 aliphatic carbocycles. The molecule has 0 saturated carbocycles. The highest BCUT2D eigenvalue weighted by Crippen LogP contribution is 2.18. The summed E-state index contributed by atoms with van der Waals surface area (Å²) >= 11 is 0. The summed E-state index contributed by atoms with van der Waals surface area (Å²) in [6.07, 6.45) is 10.1. The van der Waals surface area contributed by atoms with Crippen molar-refractivity contribution in [2.45, 2.75) is 64.3 Å². The average Bonchev–Trinajstić information content (AvgIpc) is 3.35. The summed E-state index contributed by atoms with van der Waals surface area (Å²) in [7, 11) is 0. The van der Waals surface area contributed by atoms with E-state index in [1.807, 2.05) is 23.1 Å². The van der Waals surface area contributed by atoms with Gasteiger partial charge in [0.25, 0.3) is 0 Å². The molecule has 2 saturated heterocycles. The lowest BCUT2D eigenvalue weighted by Gasteiger charge is -2.35. The van der Waals surface area contributed by atoms with Crippen LogP contribution in [0.3, 0.4) is 0 Å². The van der Waals surface area contributed by atoms with E-state index in [1.54, 1.807) is 0 Å². The first-order valence-electron chi connectivity index (χ1n) is 12.1. The number of piperidine rings is 1. The quantitative estimate of drug-likeness (QED) is 0.504. The van der Waals surface area contributed by atoms with Crippen LogP contribution in [0.25, 0.3) is 0 Å². The summed E-state index contributed by atoms with van der Waals surface area (Å²) in [6, 6.07) is 10.6. The fourth-order valence-corrected chi connectivity index (χ4v) is 4.42. The van der Waals surface area contributed by atoms with Gasteiger partial charge in [0.1, 0.15) is 0 Å². The number of hydrogen-bond acceptors (Lipinski definition) is 4. The van der Waals surface area contributed by atoms with Gasteiger partial charge in [-0.2, -0.15) is 5.10 Å². The number of likely N-dealkylation sites (tertiary alicyclic amines) is 1. The maximum Gasteiger partial charge on any atom is 0.194 e. The molecule has 3 heterocycles. The predicted octanol–water partition coefficient (Wildman–Crippen LogP) is 3.45. The van der Waals surface area contributed by atoms with Crippen molar-refractivity contribution in [3.05, 3.63) is 53.9 Å². The van der Waals surface area contributed by atoms with Gasteiger partial charge in [-0.05, 0) is 56.2 Å². The number of aromatic nitrogens is 2. The van der Waals surface area contributed by atoms with Gasteiger partial charge >= 0.3 is 0 Å². The van der Waals surface area contributed by atoms with Gasteiger partial charge < -0.3 is 19.7 Å². The van der Waals surface area contributed by atoms with Crippen LogP contribution in [0.1, 0.15) is 50.2 Å². The smallest absolute Gasteiger partial charge is 0.194 e. The van der Waals surface area contributed by atoms with Gasteiger partial charge in [-0.25, -0.2) is 4.99 Å². The van der Waals surface area contributed by atoms with Gasteiger partial charge in [0, 0.05) is 38.6 Å². The lowest BCUT2D eigenvalue weighted by atomic mass is 10.1. The van der Waals surface area contributed by atoms with Gasteiger partial charge in [-0.15, -0.1) is 0 Å². The molecule has 1 atom stereocenters. The van der Waals surface area contributed by atoms with Gasteiger partial charge in [-0.3, -0.25) is 4.68 Å². The highest BCUT2D eigenvalue weighted by Gasteiger charge is 2.23. The zero-order chi connectivity index (χ0) is 22.0. The molecule has 2 aliphatic rings. The fraction of sp³-hybridized carbons (Fsp3) is 0.600. The molecule has 2 fully saturated rings. The van der Waals surface area contributed by atoms with Crippen LogP contribution >= 0.6 is 0 Å². The van der Waals surface area contributed by atoms with Gasteiger partial charge in [-0.1, -0.05) is 24.3 Å². The van der Waals surface area contributed by atoms with E-state index in [0.717, 1.165) is 64.6 Å². The molecule has 2 aromatic rings. The van der Waals surface area contributed by atoms with Crippen molar-refractivity contribution >= 4 is 5.96 Å². The number of nitrogens with zero attached hydrogens (tertiary/aromatic N) is 4. The first-order valence-corrected chi connectivity index (χ1v) is 12.1. The van der Waals surface area contributed by atoms with Crippen LogP contribution in [0, 0.1) is 0 Å².